The zero-order valence-corrected chi connectivity index (χ0v) is 5.73. The zero-order chi connectivity index (χ0) is 5.98. The number of rotatable bonds is 3. The number of thiol groups is 1. The predicted molar refractivity (Wildman–Crippen MR) is 33.9 cm³/mol. The smallest absolute Gasteiger partial charge is 0.0861 e. The average molecular weight is 134 g/mol. The first-order valence-electron chi connectivity index (χ1n) is 2.76. The predicted octanol–water partition coefficient (Wildman–Crippen LogP) is 1.03. The van der Waals surface area contributed by atoms with Crippen molar-refractivity contribution in [1.29, 1.82) is 0 Å². The average Bonchev–Trinajstić information content (AvgIpc) is 2.42. The van der Waals surface area contributed by atoms with Gasteiger partial charge in [-0.3, -0.25) is 0 Å². The molecule has 0 amide bonds. The molecule has 1 aliphatic heterocycles. The van der Waals surface area contributed by atoms with Gasteiger partial charge in [-0.25, -0.2) is 0 Å². The van der Waals surface area contributed by atoms with Crippen LogP contribution in [0.3, 0.4) is 0 Å². The highest BCUT2D eigenvalue weighted by Gasteiger charge is 2.33. The van der Waals surface area contributed by atoms with Crippen LogP contribution in [-0.2, 0) is 8.92 Å². The first kappa shape index (κ1) is 6.39. The van der Waals surface area contributed by atoms with E-state index in [9.17, 15) is 0 Å². The largest absolute Gasteiger partial charge is 0.370 e. The minimum absolute atomic E-state index is 0.446. The second kappa shape index (κ2) is 2.71. The van der Waals surface area contributed by atoms with Crippen LogP contribution in [0.15, 0.2) is 0 Å². The standard InChI is InChI=1S/C5H10O2S/c1-4-5(7-4)2-3-6-8/h4-5,8H,2-3H2,1H3. The molecule has 0 saturated carbocycles. The fourth-order valence-electron chi connectivity index (χ4n) is 0.702. The fourth-order valence-corrected chi connectivity index (χ4v) is 0.807. The van der Waals surface area contributed by atoms with Crippen LogP contribution < -0.4 is 0 Å². The highest BCUT2D eigenvalue weighted by molar-refractivity contribution is 7.75. The maximum Gasteiger partial charge on any atom is 0.0861 e. The van der Waals surface area contributed by atoms with Crippen molar-refractivity contribution in [1.82, 2.24) is 0 Å². The molecule has 0 aromatic heterocycles. The molecule has 8 heavy (non-hydrogen) atoms. The van der Waals surface area contributed by atoms with Gasteiger partial charge in [-0.15, -0.1) is 0 Å². The zero-order valence-electron chi connectivity index (χ0n) is 4.83. The Labute approximate surface area is 54.8 Å². The van der Waals surface area contributed by atoms with Crippen molar-refractivity contribution < 1.29 is 8.92 Å². The summed E-state index contributed by atoms with van der Waals surface area (Å²) in [6, 6.07) is 0. The van der Waals surface area contributed by atoms with Crippen molar-refractivity contribution in [3.63, 3.8) is 0 Å². The van der Waals surface area contributed by atoms with E-state index >= 15 is 0 Å². The monoisotopic (exact) mass is 134 g/mol. The summed E-state index contributed by atoms with van der Waals surface area (Å²) in [4.78, 5) is 0. The van der Waals surface area contributed by atoms with E-state index < -0.39 is 0 Å². The van der Waals surface area contributed by atoms with E-state index in [1.54, 1.807) is 0 Å². The molecule has 2 nitrogen and oxygen atoms in total. The molecule has 0 radical (unpaired) electrons. The van der Waals surface area contributed by atoms with Crippen molar-refractivity contribution in [2.45, 2.75) is 25.6 Å². The lowest BCUT2D eigenvalue weighted by Gasteiger charge is -1.88. The minimum Gasteiger partial charge on any atom is -0.370 e. The summed E-state index contributed by atoms with van der Waals surface area (Å²) < 4.78 is 9.66. The van der Waals surface area contributed by atoms with E-state index in [0.717, 1.165) is 6.42 Å². The Bertz CT molecular complexity index is 76.8. The first-order valence-corrected chi connectivity index (χ1v) is 3.13. The Morgan fingerprint density at radius 3 is 2.75 bits per heavy atom. The van der Waals surface area contributed by atoms with Crippen molar-refractivity contribution in [2.24, 2.45) is 0 Å². The molecule has 0 aromatic rings. The molecule has 2 atom stereocenters. The van der Waals surface area contributed by atoms with Crippen LogP contribution >= 0.6 is 12.9 Å². The molecule has 1 fully saturated rings. The molecular weight excluding hydrogens is 124 g/mol. The van der Waals surface area contributed by atoms with E-state index in [4.69, 9.17) is 4.74 Å². The van der Waals surface area contributed by atoms with E-state index in [1.165, 1.54) is 0 Å². The van der Waals surface area contributed by atoms with Crippen LogP contribution in [0.1, 0.15) is 13.3 Å². The van der Waals surface area contributed by atoms with Crippen molar-refractivity contribution in [3.05, 3.63) is 0 Å². The van der Waals surface area contributed by atoms with Crippen LogP contribution in [0, 0.1) is 0 Å². The highest BCUT2D eigenvalue weighted by atomic mass is 32.1. The summed E-state index contributed by atoms with van der Waals surface area (Å²) in [6.45, 7) is 2.75. The van der Waals surface area contributed by atoms with Crippen molar-refractivity contribution >= 4 is 12.9 Å². The topological polar surface area (TPSA) is 21.8 Å². The number of hydrogen-bond acceptors (Lipinski definition) is 3. The summed E-state index contributed by atoms with van der Waals surface area (Å²) in [6.07, 6.45) is 1.88. The van der Waals surface area contributed by atoms with Gasteiger partial charge in [0.05, 0.1) is 18.8 Å². The van der Waals surface area contributed by atoms with Crippen LogP contribution in [0.5, 0.6) is 0 Å². The third-order valence-corrected chi connectivity index (χ3v) is 1.51. The van der Waals surface area contributed by atoms with Gasteiger partial charge in [-0.1, -0.05) is 0 Å². The van der Waals surface area contributed by atoms with Crippen LogP contribution in [0.4, 0.5) is 0 Å². The SMILES string of the molecule is CC1OC1CCOS. The maximum absolute atomic E-state index is 5.10. The normalized spacial score (nSPS) is 35.2. The molecule has 3 heteroatoms. The third kappa shape index (κ3) is 1.65. The Morgan fingerprint density at radius 1 is 1.75 bits per heavy atom. The minimum atomic E-state index is 0.446. The van der Waals surface area contributed by atoms with Gasteiger partial charge in [-0.2, -0.15) is 0 Å². The van der Waals surface area contributed by atoms with Gasteiger partial charge in [0.25, 0.3) is 0 Å². The van der Waals surface area contributed by atoms with Gasteiger partial charge in [0.2, 0.25) is 0 Å². The van der Waals surface area contributed by atoms with Crippen molar-refractivity contribution in [2.75, 3.05) is 6.61 Å². The summed E-state index contributed by atoms with van der Waals surface area (Å²) in [5.74, 6) is 0. The summed E-state index contributed by atoms with van der Waals surface area (Å²) in [7, 11) is 0. The molecule has 0 spiro atoms. The molecule has 48 valence electrons. The van der Waals surface area contributed by atoms with Gasteiger partial charge in [0, 0.05) is 6.42 Å². The van der Waals surface area contributed by atoms with Crippen molar-refractivity contribution in [3.8, 4) is 0 Å². The Morgan fingerprint density at radius 2 is 2.38 bits per heavy atom. The molecule has 0 aliphatic carbocycles. The number of ether oxygens (including phenoxy) is 1. The van der Waals surface area contributed by atoms with E-state index in [0.29, 0.717) is 18.8 Å². The summed E-state index contributed by atoms with van der Waals surface area (Å²) >= 11 is 3.60. The lowest BCUT2D eigenvalue weighted by atomic mass is 10.3. The van der Waals surface area contributed by atoms with Gasteiger partial charge in [-0.05, 0) is 19.8 Å². The van der Waals surface area contributed by atoms with Crippen LogP contribution in [0.2, 0.25) is 0 Å². The Kier molecular flexibility index (Phi) is 2.16. The van der Waals surface area contributed by atoms with E-state index in [-0.39, 0.29) is 0 Å². The van der Waals surface area contributed by atoms with E-state index in [2.05, 4.69) is 24.0 Å². The quantitative estimate of drug-likeness (QED) is 0.353. The molecular formula is C5H10O2S. The molecule has 1 saturated heterocycles. The second-order valence-electron chi connectivity index (χ2n) is 2.00. The van der Waals surface area contributed by atoms with Gasteiger partial charge in [0.15, 0.2) is 0 Å². The van der Waals surface area contributed by atoms with Gasteiger partial charge >= 0.3 is 0 Å². The molecule has 0 aromatic carbocycles. The molecule has 1 heterocycles. The highest BCUT2D eigenvalue weighted by Crippen LogP contribution is 2.23. The lowest BCUT2D eigenvalue weighted by Crippen LogP contribution is -1.93. The Hall–Kier alpha value is 0.270. The molecule has 2 unspecified atom stereocenters. The summed E-state index contributed by atoms with van der Waals surface area (Å²) in [5, 5.41) is 0. The first-order chi connectivity index (χ1) is 3.84. The van der Waals surface area contributed by atoms with Crippen LogP contribution in [0.25, 0.3) is 0 Å². The van der Waals surface area contributed by atoms with E-state index in [1.807, 2.05) is 0 Å². The van der Waals surface area contributed by atoms with Gasteiger partial charge in [0.1, 0.15) is 0 Å². The second-order valence-corrected chi connectivity index (χ2v) is 2.26. The third-order valence-electron chi connectivity index (χ3n) is 1.33. The fraction of sp³-hybridized carbons (Fsp3) is 1.00. The molecule has 0 bridgehead atoms. The van der Waals surface area contributed by atoms with Crippen LogP contribution in [-0.4, -0.2) is 18.8 Å². The maximum atomic E-state index is 5.10. The molecule has 1 rings (SSSR count). The number of epoxide rings is 1. The molecule has 1 aliphatic rings. The summed E-state index contributed by atoms with van der Waals surface area (Å²) in [5.41, 5.74) is 0. The van der Waals surface area contributed by atoms with Gasteiger partial charge < -0.3 is 8.92 Å². The number of hydrogen-bond donors (Lipinski definition) is 1. The Balaban J connectivity index is 1.89. The molecule has 0 N–H and O–H groups in total. The lowest BCUT2D eigenvalue weighted by molar-refractivity contribution is 0.316.